The van der Waals surface area contributed by atoms with E-state index in [1.165, 1.54) is 27.2 Å². The minimum absolute atomic E-state index is 0. The fourth-order valence-electron chi connectivity index (χ4n) is 1.89. The van der Waals surface area contributed by atoms with Crippen LogP contribution in [0.4, 0.5) is 5.69 Å². The van der Waals surface area contributed by atoms with Crippen LogP contribution in [0.3, 0.4) is 0 Å². The summed E-state index contributed by atoms with van der Waals surface area (Å²) in [6.07, 6.45) is 0. The van der Waals surface area contributed by atoms with Gasteiger partial charge >= 0.3 is 0 Å². The summed E-state index contributed by atoms with van der Waals surface area (Å²) in [7, 11) is 0. The third-order valence-corrected chi connectivity index (χ3v) is 4.93. The number of thioether (sulfide) groups is 1. The van der Waals surface area contributed by atoms with Crippen molar-refractivity contribution in [1.29, 1.82) is 0 Å². The smallest absolute Gasteiger partial charge is 0.298 e. The van der Waals surface area contributed by atoms with E-state index in [4.69, 9.17) is 0 Å². The summed E-state index contributed by atoms with van der Waals surface area (Å²) in [6.45, 7) is 2.63. The van der Waals surface area contributed by atoms with Gasteiger partial charge in [-0.05, 0) is 23.9 Å². The monoisotopic (exact) mass is 286 g/mol. The number of benzene rings is 1. The van der Waals surface area contributed by atoms with Crippen LogP contribution in [-0.2, 0) is 11.3 Å². The molecule has 0 aliphatic carbocycles. The number of carbonyl (C=O) groups is 1. The van der Waals surface area contributed by atoms with Crippen LogP contribution in [0.1, 0.15) is 6.92 Å². The number of hydrogen-bond donors (Lipinski definition) is 1. The van der Waals surface area contributed by atoms with Crippen molar-refractivity contribution in [1.82, 2.24) is 0 Å². The van der Waals surface area contributed by atoms with Gasteiger partial charge in [-0.1, -0.05) is 11.3 Å². The van der Waals surface area contributed by atoms with Crippen molar-refractivity contribution in [3.8, 4) is 0 Å². The molecule has 1 N–H and O–H groups in total. The SMILES string of the molecule is CC(=O)Nc1ccc2c(c1)sc1[n+]2CCS1.[Cl-]. The Hall–Kier alpha value is -0.780. The van der Waals surface area contributed by atoms with Crippen molar-refractivity contribution in [3.63, 3.8) is 0 Å². The first kappa shape index (κ1) is 12.7. The number of anilines is 1. The summed E-state index contributed by atoms with van der Waals surface area (Å²) in [5, 5.41) is 2.81. The minimum Gasteiger partial charge on any atom is -1.00 e. The van der Waals surface area contributed by atoms with Crippen LogP contribution in [0.25, 0.3) is 10.2 Å². The lowest BCUT2D eigenvalue weighted by Gasteiger charge is -1.99. The largest absolute Gasteiger partial charge is 1.00 e. The van der Waals surface area contributed by atoms with Crippen LogP contribution in [0, 0.1) is 0 Å². The number of hydrogen-bond acceptors (Lipinski definition) is 3. The molecule has 1 aromatic heterocycles. The summed E-state index contributed by atoms with van der Waals surface area (Å²) in [5.41, 5.74) is 2.16. The first-order valence-electron chi connectivity index (χ1n) is 5.11. The lowest BCUT2D eigenvalue weighted by atomic mass is 10.3. The van der Waals surface area contributed by atoms with Gasteiger partial charge in [-0.3, -0.25) is 4.79 Å². The highest BCUT2D eigenvalue weighted by Gasteiger charge is 2.26. The quantitative estimate of drug-likeness (QED) is 0.701. The highest BCUT2D eigenvalue weighted by molar-refractivity contribution is 8.01. The molecule has 0 atom stereocenters. The molecule has 90 valence electrons. The third-order valence-electron chi connectivity index (χ3n) is 2.53. The van der Waals surface area contributed by atoms with E-state index in [-0.39, 0.29) is 18.3 Å². The second-order valence-corrected chi connectivity index (χ2v) is 6.10. The van der Waals surface area contributed by atoms with Crippen LogP contribution in [-0.4, -0.2) is 11.7 Å². The van der Waals surface area contributed by atoms with E-state index < -0.39 is 0 Å². The van der Waals surface area contributed by atoms with Crippen LogP contribution in [0.15, 0.2) is 22.5 Å². The minimum atomic E-state index is -0.0227. The van der Waals surface area contributed by atoms with E-state index in [0.29, 0.717) is 0 Å². The summed E-state index contributed by atoms with van der Waals surface area (Å²) in [4.78, 5) is 11.0. The number of thiazole rings is 1. The highest BCUT2D eigenvalue weighted by Crippen LogP contribution is 2.32. The third kappa shape index (κ3) is 2.27. The van der Waals surface area contributed by atoms with Gasteiger partial charge in [0.25, 0.3) is 4.34 Å². The molecule has 0 spiro atoms. The molecule has 2 aromatic rings. The maximum absolute atomic E-state index is 11.0. The van der Waals surface area contributed by atoms with Gasteiger partial charge in [0, 0.05) is 18.7 Å². The molecule has 2 heterocycles. The Morgan fingerprint density at radius 1 is 1.47 bits per heavy atom. The number of nitrogens with zero attached hydrogens (tertiary/aromatic N) is 1. The Morgan fingerprint density at radius 2 is 2.29 bits per heavy atom. The van der Waals surface area contributed by atoms with Gasteiger partial charge in [0.05, 0.1) is 5.75 Å². The van der Waals surface area contributed by atoms with Crippen molar-refractivity contribution >= 4 is 44.9 Å². The average molecular weight is 287 g/mol. The zero-order valence-electron chi connectivity index (χ0n) is 9.20. The molecular formula is C11H11ClN2OS2. The van der Waals surface area contributed by atoms with E-state index in [9.17, 15) is 4.79 Å². The summed E-state index contributed by atoms with van der Waals surface area (Å²) in [5.74, 6) is 1.15. The first-order chi connectivity index (χ1) is 7.74. The van der Waals surface area contributed by atoms with Crippen molar-refractivity contribution in [2.75, 3.05) is 11.1 Å². The number of rotatable bonds is 1. The lowest BCUT2D eigenvalue weighted by Crippen LogP contribution is -3.00. The maximum atomic E-state index is 11.0. The molecule has 0 saturated heterocycles. The number of aryl methyl sites for hydroxylation is 1. The Balaban J connectivity index is 0.00000108. The molecule has 0 radical (unpaired) electrons. The molecule has 17 heavy (non-hydrogen) atoms. The lowest BCUT2D eigenvalue weighted by molar-refractivity contribution is -0.692. The fourth-order valence-corrected chi connectivity index (χ4v) is 4.40. The molecule has 0 fully saturated rings. The zero-order valence-corrected chi connectivity index (χ0v) is 11.6. The molecule has 0 unspecified atom stereocenters. The van der Waals surface area contributed by atoms with Crippen LogP contribution < -0.4 is 22.3 Å². The fraction of sp³-hybridized carbons (Fsp3) is 0.273. The number of aromatic nitrogens is 1. The van der Waals surface area contributed by atoms with Gasteiger partial charge in [-0.15, -0.1) is 0 Å². The molecule has 6 heteroatoms. The Bertz CT molecular complexity index is 582. The molecule has 1 aliphatic rings. The molecule has 3 nitrogen and oxygen atoms in total. The topological polar surface area (TPSA) is 33.0 Å². The summed E-state index contributed by atoms with van der Waals surface area (Å²) >= 11 is 3.71. The number of nitrogens with one attached hydrogen (secondary N) is 1. The highest BCUT2D eigenvalue weighted by atomic mass is 35.5. The predicted molar refractivity (Wildman–Crippen MR) is 67.0 cm³/mol. The average Bonchev–Trinajstić information content (AvgIpc) is 2.75. The Kier molecular flexibility index (Phi) is 3.61. The molecule has 3 rings (SSSR count). The van der Waals surface area contributed by atoms with Crippen molar-refractivity contribution in [3.05, 3.63) is 18.2 Å². The number of amides is 1. The van der Waals surface area contributed by atoms with Gasteiger partial charge in [-0.2, -0.15) is 4.57 Å². The van der Waals surface area contributed by atoms with Gasteiger partial charge in [0.2, 0.25) is 11.4 Å². The second kappa shape index (κ2) is 4.84. The van der Waals surface area contributed by atoms with E-state index >= 15 is 0 Å². The molecule has 1 aliphatic heterocycles. The van der Waals surface area contributed by atoms with E-state index in [1.54, 1.807) is 11.3 Å². The standard InChI is InChI=1S/C11H10N2OS2.ClH/c1-7(14)12-8-2-3-9-10(6-8)16-11-13(9)4-5-15-11;/h2-3,6H,4-5H2,1H3;1H. The van der Waals surface area contributed by atoms with Gasteiger partial charge in [0.1, 0.15) is 4.70 Å². The molecular weight excluding hydrogens is 276 g/mol. The predicted octanol–water partition coefficient (Wildman–Crippen LogP) is -0.743. The van der Waals surface area contributed by atoms with Gasteiger partial charge in [0.15, 0.2) is 6.54 Å². The molecule has 0 bridgehead atoms. The summed E-state index contributed by atoms with van der Waals surface area (Å²) in [6, 6.07) is 6.10. The maximum Gasteiger partial charge on any atom is 0.298 e. The van der Waals surface area contributed by atoms with Gasteiger partial charge in [-0.25, -0.2) is 0 Å². The molecule has 1 aromatic carbocycles. The zero-order chi connectivity index (χ0) is 11.1. The summed E-state index contributed by atoms with van der Waals surface area (Å²) < 4.78 is 4.96. The van der Waals surface area contributed by atoms with Crippen molar-refractivity contribution in [2.45, 2.75) is 17.8 Å². The van der Waals surface area contributed by atoms with Crippen LogP contribution in [0.2, 0.25) is 0 Å². The van der Waals surface area contributed by atoms with Crippen LogP contribution in [0.5, 0.6) is 0 Å². The number of carbonyl (C=O) groups excluding carboxylic acids is 1. The first-order valence-corrected chi connectivity index (χ1v) is 6.91. The Labute approximate surface area is 114 Å². The van der Waals surface area contributed by atoms with Crippen molar-refractivity contribution < 1.29 is 21.8 Å². The van der Waals surface area contributed by atoms with E-state index in [1.807, 2.05) is 23.9 Å². The normalized spacial score (nSPS) is 13.2. The van der Waals surface area contributed by atoms with E-state index in [2.05, 4.69) is 16.0 Å². The van der Waals surface area contributed by atoms with E-state index in [0.717, 1.165) is 12.2 Å². The van der Waals surface area contributed by atoms with Gasteiger partial charge < -0.3 is 17.7 Å². The number of halogens is 1. The van der Waals surface area contributed by atoms with Crippen LogP contribution >= 0.6 is 23.1 Å². The second-order valence-electron chi connectivity index (χ2n) is 3.73. The molecule has 1 amide bonds. The van der Waals surface area contributed by atoms with Crippen molar-refractivity contribution in [2.24, 2.45) is 0 Å². The Morgan fingerprint density at radius 3 is 3.06 bits per heavy atom. The number of fused-ring (bicyclic) bond motifs is 3. The molecule has 0 saturated carbocycles.